The van der Waals surface area contributed by atoms with Gasteiger partial charge in [-0.3, -0.25) is 0 Å². The van der Waals surface area contributed by atoms with Crippen molar-refractivity contribution in [3.8, 4) is 11.1 Å². The minimum absolute atomic E-state index is 0.680. The van der Waals surface area contributed by atoms with Gasteiger partial charge in [0.05, 0.1) is 0 Å². The maximum Gasteiger partial charge on any atom is 0.00391 e. The topological polar surface area (TPSA) is 12.0 Å². The molecule has 1 nitrogen and oxygen atoms in total. The molecule has 1 heterocycles. The van der Waals surface area contributed by atoms with Crippen molar-refractivity contribution in [1.29, 1.82) is 0 Å². The monoisotopic (exact) mass is 251 g/mol. The Balaban J connectivity index is 1.76. The summed E-state index contributed by atoms with van der Waals surface area (Å²) in [6.07, 6.45) is 2.59. The standard InChI is InChI=1S/C18H21N/c1-14-7-8-18(13-19-14)17-11-9-16(10-12-17)15-5-3-2-4-6-15/h2-6,9-12,14,18-19H,7-8,13H2,1H3. The van der Waals surface area contributed by atoms with Gasteiger partial charge in [0.25, 0.3) is 0 Å². The largest absolute Gasteiger partial charge is 0.314 e. The third-order valence-electron chi connectivity index (χ3n) is 4.15. The van der Waals surface area contributed by atoms with Crippen LogP contribution < -0.4 is 5.32 Å². The third kappa shape index (κ3) is 2.87. The van der Waals surface area contributed by atoms with Crippen LogP contribution in [0.25, 0.3) is 11.1 Å². The van der Waals surface area contributed by atoms with Crippen molar-refractivity contribution in [3.63, 3.8) is 0 Å². The Kier molecular flexibility index (Phi) is 3.65. The maximum atomic E-state index is 3.58. The van der Waals surface area contributed by atoms with Crippen LogP contribution in [0.2, 0.25) is 0 Å². The average molecular weight is 251 g/mol. The molecule has 0 radical (unpaired) electrons. The summed E-state index contributed by atoms with van der Waals surface area (Å²) in [5.41, 5.74) is 4.07. The van der Waals surface area contributed by atoms with Gasteiger partial charge in [-0.05, 0) is 42.4 Å². The lowest BCUT2D eigenvalue weighted by molar-refractivity contribution is 0.385. The zero-order valence-corrected chi connectivity index (χ0v) is 11.5. The third-order valence-corrected chi connectivity index (χ3v) is 4.15. The van der Waals surface area contributed by atoms with Crippen LogP contribution in [0.15, 0.2) is 54.6 Å². The first-order valence-electron chi connectivity index (χ1n) is 7.22. The lowest BCUT2D eigenvalue weighted by Gasteiger charge is -2.28. The Morgan fingerprint density at radius 3 is 2.16 bits per heavy atom. The van der Waals surface area contributed by atoms with E-state index in [-0.39, 0.29) is 0 Å². The smallest absolute Gasteiger partial charge is 0.00391 e. The predicted molar refractivity (Wildman–Crippen MR) is 81.3 cm³/mol. The molecular formula is C18H21N. The fourth-order valence-electron chi connectivity index (χ4n) is 2.86. The molecule has 2 unspecified atom stereocenters. The number of piperidine rings is 1. The molecule has 1 N–H and O–H groups in total. The molecule has 1 fully saturated rings. The summed E-state index contributed by atoms with van der Waals surface area (Å²) in [5, 5.41) is 3.58. The SMILES string of the molecule is CC1CCC(c2ccc(-c3ccccc3)cc2)CN1. The summed E-state index contributed by atoms with van der Waals surface area (Å²) in [4.78, 5) is 0. The minimum Gasteiger partial charge on any atom is -0.314 e. The van der Waals surface area contributed by atoms with E-state index in [2.05, 4.69) is 66.8 Å². The molecule has 2 atom stereocenters. The highest BCUT2D eigenvalue weighted by atomic mass is 14.9. The van der Waals surface area contributed by atoms with Crippen molar-refractivity contribution in [2.24, 2.45) is 0 Å². The molecule has 2 aromatic carbocycles. The van der Waals surface area contributed by atoms with Crippen LogP contribution in [0.4, 0.5) is 0 Å². The van der Waals surface area contributed by atoms with Crippen molar-refractivity contribution in [2.75, 3.05) is 6.54 Å². The molecule has 1 aliphatic rings. The lowest BCUT2D eigenvalue weighted by Crippen LogP contribution is -2.35. The van der Waals surface area contributed by atoms with Gasteiger partial charge in [0.1, 0.15) is 0 Å². The second-order valence-electron chi connectivity index (χ2n) is 5.57. The number of benzene rings is 2. The Labute approximate surface area is 115 Å². The fourth-order valence-corrected chi connectivity index (χ4v) is 2.86. The van der Waals surface area contributed by atoms with Crippen LogP contribution in [-0.2, 0) is 0 Å². The molecule has 2 aromatic rings. The van der Waals surface area contributed by atoms with Gasteiger partial charge in [0.2, 0.25) is 0 Å². The van der Waals surface area contributed by atoms with Crippen LogP contribution in [0.1, 0.15) is 31.2 Å². The zero-order valence-electron chi connectivity index (χ0n) is 11.5. The van der Waals surface area contributed by atoms with E-state index in [1.165, 1.54) is 29.5 Å². The van der Waals surface area contributed by atoms with Crippen molar-refractivity contribution >= 4 is 0 Å². The summed E-state index contributed by atoms with van der Waals surface area (Å²) in [7, 11) is 0. The van der Waals surface area contributed by atoms with Crippen LogP contribution in [0.5, 0.6) is 0 Å². The molecule has 1 heteroatoms. The van der Waals surface area contributed by atoms with Gasteiger partial charge < -0.3 is 5.32 Å². The maximum absolute atomic E-state index is 3.58. The molecule has 98 valence electrons. The van der Waals surface area contributed by atoms with Gasteiger partial charge in [-0.1, -0.05) is 54.6 Å². The van der Waals surface area contributed by atoms with Crippen LogP contribution in [0.3, 0.4) is 0 Å². The number of hydrogen-bond donors (Lipinski definition) is 1. The van der Waals surface area contributed by atoms with Gasteiger partial charge in [-0.25, -0.2) is 0 Å². The molecule has 0 spiro atoms. The van der Waals surface area contributed by atoms with Crippen LogP contribution in [0, 0.1) is 0 Å². The van der Waals surface area contributed by atoms with Crippen LogP contribution in [-0.4, -0.2) is 12.6 Å². The highest BCUT2D eigenvalue weighted by molar-refractivity contribution is 5.63. The Hall–Kier alpha value is -1.60. The second-order valence-corrected chi connectivity index (χ2v) is 5.57. The second kappa shape index (κ2) is 5.58. The molecular weight excluding hydrogens is 230 g/mol. The summed E-state index contributed by atoms with van der Waals surface area (Å²) in [6, 6.07) is 20.4. The lowest BCUT2D eigenvalue weighted by atomic mass is 9.88. The number of nitrogens with one attached hydrogen (secondary N) is 1. The quantitative estimate of drug-likeness (QED) is 0.843. The van der Waals surface area contributed by atoms with Gasteiger partial charge in [0, 0.05) is 12.6 Å². The van der Waals surface area contributed by atoms with E-state index >= 15 is 0 Å². The fraction of sp³-hybridized carbons (Fsp3) is 0.333. The van der Waals surface area contributed by atoms with Crippen molar-refractivity contribution in [2.45, 2.75) is 31.7 Å². The van der Waals surface area contributed by atoms with E-state index < -0.39 is 0 Å². The van der Waals surface area contributed by atoms with E-state index in [9.17, 15) is 0 Å². The van der Waals surface area contributed by atoms with Gasteiger partial charge in [-0.15, -0.1) is 0 Å². The van der Waals surface area contributed by atoms with Gasteiger partial charge >= 0.3 is 0 Å². The predicted octanol–water partition coefficient (Wildman–Crippen LogP) is 4.21. The van der Waals surface area contributed by atoms with E-state index in [0.717, 1.165) is 6.54 Å². The summed E-state index contributed by atoms with van der Waals surface area (Å²) >= 11 is 0. The Morgan fingerprint density at radius 2 is 1.53 bits per heavy atom. The Morgan fingerprint density at radius 1 is 0.842 bits per heavy atom. The molecule has 0 aromatic heterocycles. The molecule has 0 saturated carbocycles. The van der Waals surface area contributed by atoms with Crippen molar-refractivity contribution in [1.82, 2.24) is 5.32 Å². The van der Waals surface area contributed by atoms with Gasteiger partial charge in [0.15, 0.2) is 0 Å². The van der Waals surface area contributed by atoms with E-state index in [4.69, 9.17) is 0 Å². The summed E-state index contributed by atoms with van der Waals surface area (Å²) in [5.74, 6) is 0.682. The molecule has 3 rings (SSSR count). The number of rotatable bonds is 2. The summed E-state index contributed by atoms with van der Waals surface area (Å²) < 4.78 is 0. The molecule has 1 aliphatic heterocycles. The molecule has 0 amide bonds. The highest BCUT2D eigenvalue weighted by Gasteiger charge is 2.18. The molecule has 19 heavy (non-hydrogen) atoms. The molecule has 0 aliphatic carbocycles. The Bertz CT molecular complexity index is 507. The van der Waals surface area contributed by atoms with Gasteiger partial charge in [-0.2, -0.15) is 0 Å². The van der Waals surface area contributed by atoms with Crippen molar-refractivity contribution in [3.05, 3.63) is 60.2 Å². The highest BCUT2D eigenvalue weighted by Crippen LogP contribution is 2.27. The first kappa shape index (κ1) is 12.4. The minimum atomic E-state index is 0.680. The number of hydrogen-bond acceptors (Lipinski definition) is 1. The van der Waals surface area contributed by atoms with Crippen LogP contribution >= 0.6 is 0 Å². The average Bonchev–Trinajstić information content (AvgIpc) is 2.49. The molecule has 1 saturated heterocycles. The summed E-state index contributed by atoms with van der Waals surface area (Å²) in [6.45, 7) is 3.39. The molecule has 0 bridgehead atoms. The first-order valence-corrected chi connectivity index (χ1v) is 7.22. The van der Waals surface area contributed by atoms with E-state index in [1.54, 1.807) is 0 Å². The van der Waals surface area contributed by atoms with E-state index in [0.29, 0.717) is 12.0 Å². The first-order chi connectivity index (χ1) is 9.33. The normalized spacial score (nSPS) is 23.2. The van der Waals surface area contributed by atoms with Crippen molar-refractivity contribution < 1.29 is 0 Å². The van der Waals surface area contributed by atoms with E-state index in [1.807, 2.05) is 0 Å². The zero-order chi connectivity index (χ0) is 13.1.